The summed E-state index contributed by atoms with van der Waals surface area (Å²) in [4.78, 5) is 6.94. The van der Waals surface area contributed by atoms with Gasteiger partial charge >= 0.3 is 0 Å². The Labute approximate surface area is 171 Å². The van der Waals surface area contributed by atoms with Crippen LogP contribution in [0.2, 0.25) is 0 Å². The molecule has 1 aliphatic heterocycles. The van der Waals surface area contributed by atoms with Gasteiger partial charge in [-0.1, -0.05) is 6.92 Å². The monoisotopic (exact) mass is 390 g/mol. The van der Waals surface area contributed by atoms with Gasteiger partial charge in [0.25, 0.3) is 0 Å². The van der Waals surface area contributed by atoms with Gasteiger partial charge in [0.15, 0.2) is 5.82 Å². The molecular formula is C22H26N6O. The number of nitrogens with one attached hydrogen (secondary N) is 2. The van der Waals surface area contributed by atoms with E-state index < -0.39 is 0 Å². The molecule has 7 nitrogen and oxygen atoms in total. The number of anilines is 5. The van der Waals surface area contributed by atoms with Crippen molar-refractivity contribution in [2.24, 2.45) is 5.92 Å². The van der Waals surface area contributed by atoms with Gasteiger partial charge in [0.1, 0.15) is 5.75 Å². The highest BCUT2D eigenvalue weighted by atomic mass is 16.5. The van der Waals surface area contributed by atoms with Crippen LogP contribution in [0.4, 0.5) is 28.8 Å². The van der Waals surface area contributed by atoms with Crippen molar-refractivity contribution in [3.8, 4) is 5.75 Å². The molecule has 1 fully saturated rings. The lowest BCUT2D eigenvalue weighted by Crippen LogP contribution is -2.32. The van der Waals surface area contributed by atoms with Gasteiger partial charge in [0.05, 0.1) is 13.3 Å². The molecule has 2 aromatic carbocycles. The normalized spacial score (nSPS) is 14.5. The first-order chi connectivity index (χ1) is 14.2. The Morgan fingerprint density at radius 3 is 2.28 bits per heavy atom. The quantitative estimate of drug-likeness (QED) is 0.637. The van der Waals surface area contributed by atoms with Crippen molar-refractivity contribution < 1.29 is 4.74 Å². The van der Waals surface area contributed by atoms with Crippen LogP contribution in [0.15, 0.2) is 54.7 Å². The van der Waals surface area contributed by atoms with Crippen molar-refractivity contribution in [1.82, 2.24) is 15.2 Å². The second-order valence-electron chi connectivity index (χ2n) is 7.36. The Morgan fingerprint density at radius 2 is 1.59 bits per heavy atom. The number of rotatable bonds is 6. The van der Waals surface area contributed by atoms with Crippen molar-refractivity contribution in [3.05, 3.63) is 54.7 Å². The van der Waals surface area contributed by atoms with Crippen molar-refractivity contribution in [1.29, 1.82) is 0 Å². The topological polar surface area (TPSA) is 75.2 Å². The third kappa shape index (κ3) is 4.93. The maximum absolute atomic E-state index is 5.17. The number of piperidine rings is 1. The first-order valence-electron chi connectivity index (χ1n) is 9.92. The number of nitrogens with zero attached hydrogens (tertiary/aromatic N) is 4. The highest BCUT2D eigenvalue weighted by Crippen LogP contribution is 2.25. The van der Waals surface area contributed by atoms with E-state index in [1.165, 1.54) is 18.5 Å². The molecule has 0 atom stereocenters. The van der Waals surface area contributed by atoms with Gasteiger partial charge < -0.3 is 20.3 Å². The molecule has 0 amide bonds. The van der Waals surface area contributed by atoms with Gasteiger partial charge in [-0.05, 0) is 67.3 Å². The zero-order chi connectivity index (χ0) is 20.1. The average Bonchev–Trinajstić information content (AvgIpc) is 2.76. The first kappa shape index (κ1) is 19.0. The van der Waals surface area contributed by atoms with Crippen LogP contribution in [-0.2, 0) is 0 Å². The highest BCUT2D eigenvalue weighted by Gasteiger charge is 2.15. The van der Waals surface area contributed by atoms with Crippen LogP contribution in [-0.4, -0.2) is 35.4 Å². The zero-order valence-corrected chi connectivity index (χ0v) is 16.8. The summed E-state index contributed by atoms with van der Waals surface area (Å²) in [5.41, 5.74) is 3.10. The van der Waals surface area contributed by atoms with Crippen LogP contribution in [0.5, 0.6) is 5.75 Å². The predicted octanol–water partition coefficient (Wildman–Crippen LogP) is 4.60. The summed E-state index contributed by atoms with van der Waals surface area (Å²) in [5, 5.41) is 14.5. The Morgan fingerprint density at radius 1 is 0.931 bits per heavy atom. The van der Waals surface area contributed by atoms with Crippen LogP contribution in [0.1, 0.15) is 19.8 Å². The molecule has 0 saturated carbocycles. The molecule has 0 aliphatic carbocycles. The number of hydrogen-bond acceptors (Lipinski definition) is 7. The van der Waals surface area contributed by atoms with Crippen molar-refractivity contribution in [2.75, 3.05) is 35.7 Å². The molecule has 29 heavy (non-hydrogen) atoms. The summed E-state index contributed by atoms with van der Waals surface area (Å²) < 4.78 is 5.17. The summed E-state index contributed by atoms with van der Waals surface area (Å²) in [7, 11) is 1.64. The van der Waals surface area contributed by atoms with Crippen LogP contribution in [0, 0.1) is 5.92 Å². The van der Waals surface area contributed by atoms with Crippen molar-refractivity contribution in [2.45, 2.75) is 19.8 Å². The summed E-state index contributed by atoms with van der Waals surface area (Å²) in [5.74, 6) is 2.69. The third-order valence-electron chi connectivity index (χ3n) is 5.19. The fraction of sp³-hybridized carbons (Fsp3) is 0.318. The lowest BCUT2D eigenvalue weighted by atomic mass is 9.99. The second kappa shape index (κ2) is 8.77. The fourth-order valence-corrected chi connectivity index (χ4v) is 3.39. The Kier molecular flexibility index (Phi) is 5.74. The summed E-state index contributed by atoms with van der Waals surface area (Å²) in [6.07, 6.45) is 4.13. The van der Waals surface area contributed by atoms with E-state index in [9.17, 15) is 0 Å². The van der Waals surface area contributed by atoms with E-state index >= 15 is 0 Å². The average molecular weight is 390 g/mol. The van der Waals surface area contributed by atoms with Crippen LogP contribution >= 0.6 is 0 Å². The Balaban J connectivity index is 1.39. The van der Waals surface area contributed by atoms with Gasteiger partial charge in [-0.25, -0.2) is 0 Å². The minimum Gasteiger partial charge on any atom is -0.497 e. The summed E-state index contributed by atoms with van der Waals surface area (Å²) in [6.45, 7) is 4.59. The van der Waals surface area contributed by atoms with Gasteiger partial charge in [0.2, 0.25) is 5.95 Å². The molecule has 0 spiro atoms. The predicted molar refractivity (Wildman–Crippen MR) is 116 cm³/mol. The standard InChI is InChI=1S/C22H26N6O/c1-16-11-13-28(14-12-16)19-7-3-17(4-8-19)24-21-15-23-27-22(26-21)25-18-5-9-20(29-2)10-6-18/h3-10,15-16H,11-14H2,1-2H3,(H2,24,25,26,27). The number of aromatic nitrogens is 3. The second-order valence-corrected chi connectivity index (χ2v) is 7.36. The van der Waals surface area contributed by atoms with Crippen LogP contribution in [0.25, 0.3) is 0 Å². The molecule has 1 aromatic heterocycles. The van der Waals surface area contributed by atoms with E-state index in [1.54, 1.807) is 13.3 Å². The molecular weight excluding hydrogens is 364 g/mol. The Bertz CT molecular complexity index is 921. The fourth-order valence-electron chi connectivity index (χ4n) is 3.39. The van der Waals surface area contributed by atoms with Gasteiger partial charge in [-0.3, -0.25) is 0 Å². The molecule has 0 bridgehead atoms. The number of methoxy groups -OCH3 is 1. The highest BCUT2D eigenvalue weighted by molar-refractivity contribution is 5.62. The summed E-state index contributed by atoms with van der Waals surface area (Å²) in [6, 6.07) is 16.0. The SMILES string of the molecule is COc1ccc(Nc2nncc(Nc3ccc(N4CCC(C)CC4)cc3)n2)cc1. The van der Waals surface area contributed by atoms with E-state index in [0.717, 1.165) is 36.1 Å². The molecule has 2 N–H and O–H groups in total. The Hall–Kier alpha value is -3.35. The number of ether oxygens (including phenoxy) is 1. The van der Waals surface area contributed by atoms with Gasteiger partial charge in [-0.2, -0.15) is 10.1 Å². The van der Waals surface area contributed by atoms with Gasteiger partial charge in [0, 0.05) is 30.2 Å². The van der Waals surface area contributed by atoms with E-state index in [1.807, 2.05) is 24.3 Å². The third-order valence-corrected chi connectivity index (χ3v) is 5.19. The van der Waals surface area contributed by atoms with Crippen LogP contribution < -0.4 is 20.3 Å². The zero-order valence-electron chi connectivity index (χ0n) is 16.8. The lowest BCUT2D eigenvalue weighted by molar-refractivity contribution is 0.415. The smallest absolute Gasteiger partial charge is 0.249 e. The van der Waals surface area contributed by atoms with E-state index in [2.05, 4.69) is 61.9 Å². The molecule has 1 saturated heterocycles. The molecule has 3 aromatic rings. The summed E-state index contributed by atoms with van der Waals surface area (Å²) >= 11 is 0. The largest absolute Gasteiger partial charge is 0.497 e. The molecule has 0 unspecified atom stereocenters. The maximum Gasteiger partial charge on any atom is 0.249 e. The maximum atomic E-state index is 5.17. The van der Waals surface area contributed by atoms with Crippen molar-refractivity contribution >= 4 is 28.8 Å². The van der Waals surface area contributed by atoms with Gasteiger partial charge in [-0.15, -0.1) is 5.10 Å². The molecule has 4 rings (SSSR count). The lowest BCUT2D eigenvalue weighted by Gasteiger charge is -2.32. The minimum atomic E-state index is 0.430. The first-order valence-corrected chi connectivity index (χ1v) is 9.92. The molecule has 1 aliphatic rings. The van der Waals surface area contributed by atoms with Crippen LogP contribution in [0.3, 0.4) is 0 Å². The molecule has 7 heteroatoms. The van der Waals surface area contributed by atoms with E-state index in [-0.39, 0.29) is 0 Å². The molecule has 150 valence electrons. The minimum absolute atomic E-state index is 0.430. The number of hydrogen-bond donors (Lipinski definition) is 2. The van der Waals surface area contributed by atoms with Crippen molar-refractivity contribution in [3.63, 3.8) is 0 Å². The van der Waals surface area contributed by atoms with E-state index in [0.29, 0.717) is 11.8 Å². The molecule has 0 radical (unpaired) electrons. The number of benzene rings is 2. The molecule has 2 heterocycles. The van der Waals surface area contributed by atoms with E-state index in [4.69, 9.17) is 4.74 Å².